The highest BCUT2D eigenvalue weighted by Crippen LogP contribution is 2.27. The second-order valence-corrected chi connectivity index (χ2v) is 8.58. The number of oxazole rings is 1. The summed E-state index contributed by atoms with van der Waals surface area (Å²) in [7, 11) is 0. The number of carbonyl (C=O) groups excluding carboxylic acids is 1. The van der Waals surface area contributed by atoms with Crippen molar-refractivity contribution in [3.8, 4) is 10.8 Å². The SMILES string of the molecule is Cc1oc(-c2cccs2)nc1CN1CCCC(CNC(=O)C2CCCN2)C1. The van der Waals surface area contributed by atoms with Crippen molar-refractivity contribution >= 4 is 17.2 Å². The molecular weight excluding hydrogens is 360 g/mol. The molecule has 0 radical (unpaired) electrons. The summed E-state index contributed by atoms with van der Waals surface area (Å²) in [5.74, 6) is 2.30. The Morgan fingerprint density at radius 3 is 3.15 bits per heavy atom. The number of carbonyl (C=O) groups is 1. The number of amides is 1. The van der Waals surface area contributed by atoms with E-state index in [0.29, 0.717) is 5.92 Å². The number of hydrogen-bond donors (Lipinski definition) is 2. The average molecular weight is 389 g/mol. The van der Waals surface area contributed by atoms with Crippen LogP contribution in [0.15, 0.2) is 21.9 Å². The van der Waals surface area contributed by atoms with Gasteiger partial charge in [-0.15, -0.1) is 11.3 Å². The quantitative estimate of drug-likeness (QED) is 0.796. The Morgan fingerprint density at radius 1 is 1.44 bits per heavy atom. The third-order valence-electron chi connectivity index (χ3n) is 5.54. The lowest BCUT2D eigenvalue weighted by Crippen LogP contribution is -2.45. The molecule has 6 nitrogen and oxygen atoms in total. The number of rotatable bonds is 6. The van der Waals surface area contributed by atoms with Crippen LogP contribution in [0.25, 0.3) is 10.8 Å². The summed E-state index contributed by atoms with van der Waals surface area (Å²) in [4.78, 5) is 20.4. The maximum Gasteiger partial charge on any atom is 0.237 e. The Balaban J connectivity index is 1.30. The van der Waals surface area contributed by atoms with Gasteiger partial charge in [0.05, 0.1) is 16.6 Å². The van der Waals surface area contributed by atoms with Gasteiger partial charge < -0.3 is 15.1 Å². The minimum Gasteiger partial charge on any atom is -0.440 e. The molecule has 2 aliphatic heterocycles. The van der Waals surface area contributed by atoms with Gasteiger partial charge in [0.25, 0.3) is 0 Å². The number of piperidine rings is 1. The van der Waals surface area contributed by atoms with Gasteiger partial charge in [-0.3, -0.25) is 9.69 Å². The zero-order chi connectivity index (χ0) is 18.6. The summed E-state index contributed by atoms with van der Waals surface area (Å²) in [6, 6.07) is 4.07. The number of hydrogen-bond acceptors (Lipinski definition) is 6. The lowest BCUT2D eigenvalue weighted by molar-refractivity contribution is -0.123. The first-order valence-corrected chi connectivity index (χ1v) is 10.8. The minimum absolute atomic E-state index is 0.0122. The highest BCUT2D eigenvalue weighted by molar-refractivity contribution is 7.13. The fraction of sp³-hybridized carbons (Fsp3) is 0.600. The van der Waals surface area contributed by atoms with Crippen molar-refractivity contribution < 1.29 is 9.21 Å². The fourth-order valence-corrected chi connectivity index (χ4v) is 4.68. The van der Waals surface area contributed by atoms with Crippen LogP contribution in [0.4, 0.5) is 0 Å². The number of nitrogens with zero attached hydrogens (tertiary/aromatic N) is 2. The van der Waals surface area contributed by atoms with Gasteiger partial charge in [-0.2, -0.15) is 0 Å². The van der Waals surface area contributed by atoms with Crippen molar-refractivity contribution in [2.75, 3.05) is 26.2 Å². The molecule has 2 fully saturated rings. The van der Waals surface area contributed by atoms with Crippen LogP contribution in [0, 0.1) is 12.8 Å². The van der Waals surface area contributed by atoms with E-state index in [0.717, 1.165) is 74.2 Å². The monoisotopic (exact) mass is 388 g/mol. The third-order valence-corrected chi connectivity index (χ3v) is 6.40. The highest BCUT2D eigenvalue weighted by atomic mass is 32.1. The standard InChI is InChI=1S/C20H28N4O2S/c1-14-17(23-20(26-14)18-7-4-10-27-18)13-24-9-3-5-15(12-24)11-22-19(25)16-6-2-8-21-16/h4,7,10,15-16,21H,2-3,5-6,8-9,11-13H2,1H3,(H,22,25). The van der Waals surface area contributed by atoms with Crippen molar-refractivity contribution in [3.63, 3.8) is 0 Å². The van der Waals surface area contributed by atoms with Gasteiger partial charge in [0.1, 0.15) is 5.76 Å². The van der Waals surface area contributed by atoms with Crippen molar-refractivity contribution in [3.05, 3.63) is 29.0 Å². The molecule has 2 unspecified atom stereocenters. The summed E-state index contributed by atoms with van der Waals surface area (Å²) in [5.41, 5.74) is 1.03. The zero-order valence-electron chi connectivity index (χ0n) is 15.9. The van der Waals surface area contributed by atoms with Crippen molar-refractivity contribution in [1.82, 2.24) is 20.5 Å². The largest absolute Gasteiger partial charge is 0.440 e. The van der Waals surface area contributed by atoms with E-state index in [9.17, 15) is 4.79 Å². The van der Waals surface area contributed by atoms with Gasteiger partial charge in [-0.1, -0.05) is 6.07 Å². The Hall–Kier alpha value is -1.70. The Morgan fingerprint density at radius 2 is 2.37 bits per heavy atom. The molecule has 7 heteroatoms. The molecule has 1 amide bonds. The van der Waals surface area contributed by atoms with Crippen LogP contribution in [0.2, 0.25) is 0 Å². The fourth-order valence-electron chi connectivity index (χ4n) is 4.03. The molecule has 2 aromatic rings. The van der Waals surface area contributed by atoms with Crippen LogP contribution in [0.3, 0.4) is 0 Å². The van der Waals surface area contributed by atoms with Crippen LogP contribution >= 0.6 is 11.3 Å². The Bertz CT molecular complexity index is 752. The molecule has 0 aromatic carbocycles. The van der Waals surface area contributed by atoms with Crippen molar-refractivity contribution in [2.45, 2.75) is 45.2 Å². The first-order valence-electron chi connectivity index (χ1n) is 9.92. The summed E-state index contributed by atoms with van der Waals surface area (Å²) in [5, 5.41) is 8.46. The van der Waals surface area contributed by atoms with Gasteiger partial charge in [0, 0.05) is 19.6 Å². The molecule has 0 saturated carbocycles. The maximum absolute atomic E-state index is 12.2. The van der Waals surface area contributed by atoms with Crippen LogP contribution in [-0.4, -0.2) is 48.0 Å². The molecule has 2 aliphatic rings. The molecule has 2 N–H and O–H groups in total. The lowest BCUT2D eigenvalue weighted by atomic mass is 9.97. The molecule has 146 valence electrons. The topological polar surface area (TPSA) is 70.4 Å². The maximum atomic E-state index is 12.2. The number of likely N-dealkylation sites (tertiary alicyclic amines) is 1. The van der Waals surface area contributed by atoms with Crippen LogP contribution in [-0.2, 0) is 11.3 Å². The molecule has 2 aromatic heterocycles. The van der Waals surface area contributed by atoms with Gasteiger partial charge in [-0.05, 0) is 63.1 Å². The normalized spacial score (nSPS) is 23.6. The predicted molar refractivity (Wildman–Crippen MR) is 107 cm³/mol. The summed E-state index contributed by atoms with van der Waals surface area (Å²) < 4.78 is 5.87. The average Bonchev–Trinajstić information content (AvgIpc) is 3.43. The molecule has 4 heterocycles. The number of aryl methyl sites for hydroxylation is 1. The van der Waals surface area contributed by atoms with E-state index in [-0.39, 0.29) is 11.9 Å². The van der Waals surface area contributed by atoms with E-state index in [1.807, 2.05) is 24.4 Å². The van der Waals surface area contributed by atoms with Gasteiger partial charge >= 0.3 is 0 Å². The van der Waals surface area contributed by atoms with E-state index >= 15 is 0 Å². The van der Waals surface area contributed by atoms with Crippen LogP contribution in [0.5, 0.6) is 0 Å². The van der Waals surface area contributed by atoms with E-state index < -0.39 is 0 Å². The molecule has 0 aliphatic carbocycles. The summed E-state index contributed by atoms with van der Waals surface area (Å²) in [6.07, 6.45) is 4.39. The Labute approximate surface area is 164 Å². The number of nitrogens with one attached hydrogen (secondary N) is 2. The van der Waals surface area contributed by atoms with Crippen LogP contribution in [0.1, 0.15) is 37.1 Å². The van der Waals surface area contributed by atoms with Gasteiger partial charge in [0.15, 0.2) is 0 Å². The Kier molecular flexibility index (Phi) is 5.90. The van der Waals surface area contributed by atoms with Gasteiger partial charge in [-0.25, -0.2) is 4.98 Å². The van der Waals surface area contributed by atoms with Crippen LogP contribution < -0.4 is 10.6 Å². The molecule has 27 heavy (non-hydrogen) atoms. The molecule has 0 spiro atoms. The predicted octanol–water partition coefficient (Wildman–Crippen LogP) is 2.79. The molecular formula is C20H28N4O2S. The first-order chi connectivity index (χ1) is 13.2. The highest BCUT2D eigenvalue weighted by Gasteiger charge is 2.25. The third kappa shape index (κ3) is 4.59. The molecule has 4 rings (SSSR count). The number of aromatic nitrogens is 1. The van der Waals surface area contributed by atoms with E-state index in [1.54, 1.807) is 11.3 Å². The summed E-state index contributed by atoms with van der Waals surface area (Å²) in [6.45, 7) is 6.62. The molecule has 0 bridgehead atoms. The van der Waals surface area contributed by atoms with Crippen molar-refractivity contribution in [2.24, 2.45) is 5.92 Å². The molecule has 2 atom stereocenters. The minimum atomic E-state index is 0.0122. The summed E-state index contributed by atoms with van der Waals surface area (Å²) >= 11 is 1.65. The smallest absolute Gasteiger partial charge is 0.237 e. The lowest BCUT2D eigenvalue weighted by Gasteiger charge is -2.32. The van der Waals surface area contributed by atoms with E-state index in [4.69, 9.17) is 9.40 Å². The van der Waals surface area contributed by atoms with Gasteiger partial charge in [0.2, 0.25) is 11.8 Å². The van der Waals surface area contributed by atoms with E-state index in [1.165, 1.54) is 6.42 Å². The zero-order valence-corrected chi connectivity index (χ0v) is 16.7. The first kappa shape index (κ1) is 18.7. The second kappa shape index (κ2) is 8.54. The number of thiophene rings is 1. The van der Waals surface area contributed by atoms with Crippen molar-refractivity contribution in [1.29, 1.82) is 0 Å². The van der Waals surface area contributed by atoms with E-state index in [2.05, 4.69) is 15.5 Å². The molecule has 2 saturated heterocycles. The second-order valence-electron chi connectivity index (χ2n) is 7.64.